The smallest absolute Gasteiger partial charge is 0.395 e. The van der Waals surface area contributed by atoms with Crippen LogP contribution in [0.25, 0.3) is 0 Å². The Morgan fingerprint density at radius 2 is 1.78 bits per heavy atom. The topological polar surface area (TPSA) is 80.8 Å². The van der Waals surface area contributed by atoms with Crippen LogP contribution in [0.1, 0.15) is 31.2 Å². The van der Waals surface area contributed by atoms with E-state index >= 15 is 0 Å². The number of alkyl halides is 3. The van der Waals surface area contributed by atoms with Crippen LogP contribution in [0.2, 0.25) is 0 Å². The van der Waals surface area contributed by atoms with E-state index in [-0.39, 0.29) is 22.0 Å². The lowest BCUT2D eigenvalue weighted by Gasteiger charge is -2.17. The molecule has 1 saturated heterocycles. The van der Waals surface area contributed by atoms with Crippen molar-refractivity contribution in [2.24, 2.45) is 0 Å². The molecule has 1 aromatic heterocycles. The number of ether oxygens (including phenoxy) is 2. The first-order valence-electron chi connectivity index (χ1n) is 10.2. The summed E-state index contributed by atoms with van der Waals surface area (Å²) in [5.41, 5.74) is 0.0678. The van der Waals surface area contributed by atoms with Gasteiger partial charge in [0.05, 0.1) is 17.9 Å². The Hall–Kier alpha value is -2.53. The minimum absolute atomic E-state index is 0.0221. The Labute approximate surface area is 185 Å². The highest BCUT2D eigenvalue weighted by Gasteiger charge is 2.37. The van der Waals surface area contributed by atoms with E-state index in [1.165, 1.54) is 32.1 Å². The van der Waals surface area contributed by atoms with Gasteiger partial charge in [-0.2, -0.15) is 18.2 Å². The van der Waals surface area contributed by atoms with Crippen LogP contribution in [0, 0.1) is 0 Å². The Bertz CT molecular complexity index is 1010. The fourth-order valence-electron chi connectivity index (χ4n) is 3.35. The monoisotopic (exact) mass is 473 g/mol. The van der Waals surface area contributed by atoms with Crippen molar-refractivity contribution < 1.29 is 31.1 Å². The highest BCUT2D eigenvalue weighted by molar-refractivity contribution is 7.92. The number of halogens is 3. The van der Waals surface area contributed by atoms with E-state index in [0.717, 1.165) is 50.8 Å². The molecule has 176 valence electrons. The molecule has 1 aromatic carbocycles. The molecule has 7 nitrogen and oxygen atoms in total. The highest BCUT2D eigenvalue weighted by atomic mass is 32.2. The number of nitrogens with zero attached hydrogens (tertiary/aromatic N) is 2. The first-order valence-corrected chi connectivity index (χ1v) is 11.7. The van der Waals surface area contributed by atoms with Crippen molar-refractivity contribution in [2.75, 3.05) is 38.1 Å². The third-order valence-electron chi connectivity index (χ3n) is 5.31. The van der Waals surface area contributed by atoms with E-state index in [2.05, 4.69) is 14.6 Å². The summed E-state index contributed by atoms with van der Waals surface area (Å²) in [7, 11) is -2.71. The average molecular weight is 474 g/mol. The molecule has 0 spiro atoms. The zero-order chi connectivity index (χ0) is 23.4. The predicted octanol–water partition coefficient (Wildman–Crippen LogP) is 4.03. The van der Waals surface area contributed by atoms with E-state index in [1.807, 2.05) is 0 Å². The van der Waals surface area contributed by atoms with Gasteiger partial charge in [-0.25, -0.2) is 8.42 Å². The van der Waals surface area contributed by atoms with Crippen LogP contribution in [0.15, 0.2) is 41.3 Å². The lowest BCUT2D eigenvalue weighted by Crippen LogP contribution is -2.25. The molecule has 0 bridgehead atoms. The molecule has 0 radical (unpaired) electrons. The van der Waals surface area contributed by atoms with Gasteiger partial charge in [-0.3, -0.25) is 9.62 Å². The number of benzene rings is 1. The molecule has 32 heavy (non-hydrogen) atoms. The summed E-state index contributed by atoms with van der Waals surface area (Å²) in [5, 5.41) is 0. The van der Waals surface area contributed by atoms with E-state index in [0.29, 0.717) is 12.5 Å². The number of likely N-dealkylation sites (tertiary alicyclic amines) is 1. The molecule has 11 heteroatoms. The van der Waals surface area contributed by atoms with Crippen molar-refractivity contribution in [1.29, 1.82) is 0 Å². The van der Waals surface area contributed by atoms with Crippen LogP contribution in [-0.4, -0.2) is 57.8 Å². The number of hydrogen-bond acceptors (Lipinski definition) is 6. The van der Waals surface area contributed by atoms with Gasteiger partial charge in [-0.1, -0.05) is 12.1 Å². The van der Waals surface area contributed by atoms with Gasteiger partial charge < -0.3 is 9.47 Å². The van der Waals surface area contributed by atoms with Gasteiger partial charge in [0.2, 0.25) is 11.8 Å². The summed E-state index contributed by atoms with van der Waals surface area (Å²) in [6.45, 7) is 4.35. The minimum atomic E-state index is -4.41. The van der Waals surface area contributed by atoms with Crippen LogP contribution >= 0.6 is 0 Å². The predicted molar refractivity (Wildman–Crippen MR) is 114 cm³/mol. The van der Waals surface area contributed by atoms with Gasteiger partial charge in [-0.05, 0) is 56.6 Å². The van der Waals surface area contributed by atoms with Gasteiger partial charge in [-0.15, -0.1) is 0 Å². The number of hydrogen-bond donors (Lipinski definition) is 1. The number of methoxy groups -OCH3 is 1. The maximum atomic E-state index is 12.9. The van der Waals surface area contributed by atoms with Crippen LogP contribution in [0.4, 0.5) is 18.9 Å². The normalized spacial score (nSPS) is 16.0. The largest absolute Gasteiger partial charge is 0.479 e. The van der Waals surface area contributed by atoms with E-state index in [4.69, 9.17) is 9.47 Å². The van der Waals surface area contributed by atoms with Gasteiger partial charge in [0, 0.05) is 12.6 Å². The molecule has 1 unspecified atom stereocenters. The fraction of sp³-hybridized carbons (Fsp3) is 0.476. The highest BCUT2D eigenvalue weighted by Crippen LogP contribution is 2.35. The number of pyridine rings is 1. The summed E-state index contributed by atoms with van der Waals surface area (Å²) < 4.78 is 77.2. The number of sulfonamides is 1. The third-order valence-corrected chi connectivity index (χ3v) is 6.69. The Balaban J connectivity index is 1.68. The molecular weight excluding hydrogens is 447 g/mol. The summed E-state index contributed by atoms with van der Waals surface area (Å²) in [6, 6.07) is 7.57. The lowest BCUT2D eigenvalue weighted by molar-refractivity contribution is -0.146. The molecule has 2 heterocycles. The Morgan fingerprint density at radius 3 is 2.38 bits per heavy atom. The molecule has 3 rings (SSSR count). The fourth-order valence-corrected chi connectivity index (χ4v) is 4.41. The molecule has 2 aromatic rings. The van der Waals surface area contributed by atoms with Crippen LogP contribution < -0.4 is 14.2 Å². The Kier molecular flexibility index (Phi) is 7.50. The summed E-state index contributed by atoms with van der Waals surface area (Å²) in [5.74, 6) is -1.38. The van der Waals surface area contributed by atoms with E-state index < -0.39 is 22.1 Å². The number of rotatable bonds is 9. The third kappa shape index (κ3) is 6.04. The standard InChI is InChI=1S/C21H26F3N3O4S/c1-15(21(22,23)24)16-5-7-17(8-6-16)32(28,29)26-18-9-10-19(25-20(18)30-2)31-14-13-27-11-3-4-12-27/h5-10,15,26H,3-4,11-14H2,1-2H3. The van der Waals surface area contributed by atoms with E-state index in [1.54, 1.807) is 0 Å². The molecule has 0 saturated carbocycles. The lowest BCUT2D eigenvalue weighted by atomic mass is 10.0. The molecule has 1 fully saturated rings. The molecule has 0 aliphatic carbocycles. The molecule has 1 N–H and O–H groups in total. The van der Waals surface area contributed by atoms with Crippen molar-refractivity contribution >= 4 is 15.7 Å². The van der Waals surface area contributed by atoms with Gasteiger partial charge in [0.15, 0.2) is 0 Å². The van der Waals surface area contributed by atoms with Crippen LogP contribution in [0.3, 0.4) is 0 Å². The van der Waals surface area contributed by atoms with Crippen molar-refractivity contribution in [2.45, 2.75) is 36.8 Å². The molecule has 1 atom stereocenters. The van der Waals surface area contributed by atoms with Gasteiger partial charge >= 0.3 is 6.18 Å². The second kappa shape index (κ2) is 9.95. The first-order chi connectivity index (χ1) is 15.1. The zero-order valence-electron chi connectivity index (χ0n) is 17.9. The minimum Gasteiger partial charge on any atom is -0.479 e. The average Bonchev–Trinajstić information content (AvgIpc) is 3.27. The summed E-state index contributed by atoms with van der Waals surface area (Å²) in [6.07, 6.45) is -2.04. The molecule has 1 aliphatic heterocycles. The SMILES string of the molecule is COc1nc(OCCN2CCCC2)ccc1NS(=O)(=O)c1ccc(C(C)C(F)(F)F)cc1. The van der Waals surface area contributed by atoms with Crippen LogP contribution in [0.5, 0.6) is 11.8 Å². The quantitative estimate of drug-likeness (QED) is 0.592. The van der Waals surface area contributed by atoms with Crippen molar-refractivity contribution in [1.82, 2.24) is 9.88 Å². The second-order valence-electron chi connectivity index (χ2n) is 7.54. The number of aromatic nitrogens is 1. The maximum absolute atomic E-state index is 12.9. The second-order valence-corrected chi connectivity index (χ2v) is 9.22. The number of anilines is 1. The van der Waals surface area contributed by atoms with E-state index in [9.17, 15) is 21.6 Å². The van der Waals surface area contributed by atoms with Crippen molar-refractivity contribution in [3.63, 3.8) is 0 Å². The first kappa shape index (κ1) is 24.1. The Morgan fingerprint density at radius 1 is 1.12 bits per heavy atom. The van der Waals surface area contributed by atoms with Gasteiger partial charge in [0.1, 0.15) is 12.3 Å². The molecular formula is C21H26F3N3O4S. The molecule has 1 aliphatic rings. The van der Waals surface area contributed by atoms with Gasteiger partial charge in [0.25, 0.3) is 10.0 Å². The summed E-state index contributed by atoms with van der Waals surface area (Å²) >= 11 is 0. The van der Waals surface area contributed by atoms with Crippen molar-refractivity contribution in [3.05, 3.63) is 42.0 Å². The number of nitrogens with one attached hydrogen (secondary N) is 1. The molecule has 0 amide bonds. The van der Waals surface area contributed by atoms with Crippen LogP contribution in [-0.2, 0) is 10.0 Å². The zero-order valence-corrected chi connectivity index (χ0v) is 18.7. The summed E-state index contributed by atoms with van der Waals surface area (Å²) in [4.78, 5) is 6.30. The maximum Gasteiger partial charge on any atom is 0.395 e. The van der Waals surface area contributed by atoms with Crippen molar-refractivity contribution in [3.8, 4) is 11.8 Å².